The summed E-state index contributed by atoms with van der Waals surface area (Å²) in [4.78, 5) is 11.0. The first kappa shape index (κ1) is 11.7. The lowest BCUT2D eigenvalue weighted by molar-refractivity contribution is -0.152. The van der Waals surface area contributed by atoms with E-state index in [1.54, 1.807) is 13.8 Å². The Kier molecular flexibility index (Phi) is 3.14. The number of aryl methyl sites for hydroxylation is 1. The second kappa shape index (κ2) is 4.02. The van der Waals surface area contributed by atoms with Gasteiger partial charge in [0.1, 0.15) is 0 Å². The van der Waals surface area contributed by atoms with Crippen molar-refractivity contribution in [2.45, 2.75) is 32.3 Å². The van der Waals surface area contributed by atoms with E-state index < -0.39 is 17.5 Å². The third-order valence-electron chi connectivity index (χ3n) is 2.48. The molecule has 15 heavy (non-hydrogen) atoms. The number of carboxylic acid groups (broad SMARTS) is 1. The van der Waals surface area contributed by atoms with Gasteiger partial charge < -0.3 is 9.84 Å². The van der Waals surface area contributed by atoms with E-state index in [2.05, 4.69) is 10.2 Å². The number of aromatic amines is 1. The van der Waals surface area contributed by atoms with Crippen molar-refractivity contribution in [2.24, 2.45) is 0 Å². The molecule has 0 radical (unpaired) electrons. The number of aliphatic carboxylic acids is 1. The van der Waals surface area contributed by atoms with E-state index >= 15 is 0 Å². The van der Waals surface area contributed by atoms with Crippen LogP contribution in [0.15, 0.2) is 6.07 Å². The van der Waals surface area contributed by atoms with Gasteiger partial charge in [-0.05, 0) is 13.0 Å². The molecule has 1 aromatic heterocycles. The number of carbonyl (C=O) groups is 1. The fraction of sp³-hybridized carbons (Fsp3) is 0.600. The molecule has 0 spiro atoms. The SMILES string of the molecule is COC(C(=O)O)C(C)(C)c1cc(C)[nH]n1. The molecule has 1 atom stereocenters. The van der Waals surface area contributed by atoms with Crippen molar-refractivity contribution in [3.8, 4) is 0 Å². The summed E-state index contributed by atoms with van der Waals surface area (Å²) in [5.41, 5.74) is 0.929. The second-order valence-corrected chi connectivity index (χ2v) is 4.11. The van der Waals surface area contributed by atoms with E-state index in [0.29, 0.717) is 5.69 Å². The third-order valence-corrected chi connectivity index (χ3v) is 2.48. The predicted octanol–water partition coefficient (Wildman–Crippen LogP) is 1.10. The van der Waals surface area contributed by atoms with Crippen LogP contribution in [0.5, 0.6) is 0 Å². The van der Waals surface area contributed by atoms with Crippen molar-refractivity contribution in [3.63, 3.8) is 0 Å². The summed E-state index contributed by atoms with van der Waals surface area (Å²) in [6.45, 7) is 5.46. The van der Waals surface area contributed by atoms with Crippen molar-refractivity contribution in [3.05, 3.63) is 17.5 Å². The molecule has 0 aliphatic carbocycles. The molecule has 5 heteroatoms. The lowest BCUT2D eigenvalue weighted by atomic mass is 9.83. The van der Waals surface area contributed by atoms with Crippen LogP contribution in [-0.4, -0.2) is 34.5 Å². The number of hydrogen-bond donors (Lipinski definition) is 2. The number of aromatic nitrogens is 2. The van der Waals surface area contributed by atoms with Crippen LogP contribution in [-0.2, 0) is 14.9 Å². The normalized spacial score (nSPS) is 13.9. The minimum atomic E-state index is -0.983. The van der Waals surface area contributed by atoms with Gasteiger partial charge in [0.05, 0.1) is 5.69 Å². The Morgan fingerprint density at radius 2 is 2.27 bits per heavy atom. The molecule has 0 aromatic carbocycles. The number of hydrogen-bond acceptors (Lipinski definition) is 3. The number of nitrogens with one attached hydrogen (secondary N) is 1. The van der Waals surface area contributed by atoms with Gasteiger partial charge in [-0.2, -0.15) is 5.10 Å². The van der Waals surface area contributed by atoms with Crippen molar-refractivity contribution >= 4 is 5.97 Å². The molecule has 84 valence electrons. The molecule has 5 nitrogen and oxygen atoms in total. The average molecular weight is 212 g/mol. The zero-order valence-electron chi connectivity index (χ0n) is 9.37. The summed E-state index contributed by atoms with van der Waals surface area (Å²) in [7, 11) is 1.39. The van der Waals surface area contributed by atoms with E-state index in [1.807, 2.05) is 13.0 Å². The van der Waals surface area contributed by atoms with Gasteiger partial charge in [0.25, 0.3) is 0 Å². The van der Waals surface area contributed by atoms with Crippen LogP contribution in [0.4, 0.5) is 0 Å². The van der Waals surface area contributed by atoms with Gasteiger partial charge in [0.15, 0.2) is 6.10 Å². The summed E-state index contributed by atoms with van der Waals surface area (Å²) in [5.74, 6) is -0.983. The molecule has 1 rings (SSSR count). The summed E-state index contributed by atoms with van der Waals surface area (Å²) in [5, 5.41) is 15.9. The van der Waals surface area contributed by atoms with E-state index in [0.717, 1.165) is 5.69 Å². The Labute approximate surface area is 88.5 Å². The molecule has 0 bridgehead atoms. The molecule has 2 N–H and O–H groups in total. The highest BCUT2D eigenvalue weighted by Gasteiger charge is 2.38. The Hall–Kier alpha value is -1.36. The Balaban J connectivity index is 3.04. The molecule has 0 aliphatic heterocycles. The van der Waals surface area contributed by atoms with Gasteiger partial charge in [0, 0.05) is 18.2 Å². The number of ether oxygens (including phenoxy) is 1. The Morgan fingerprint density at radius 1 is 1.67 bits per heavy atom. The largest absolute Gasteiger partial charge is 0.479 e. The number of methoxy groups -OCH3 is 1. The highest BCUT2D eigenvalue weighted by molar-refractivity contribution is 5.74. The maximum Gasteiger partial charge on any atom is 0.333 e. The topological polar surface area (TPSA) is 75.2 Å². The average Bonchev–Trinajstić information content (AvgIpc) is 2.52. The molecular formula is C10H16N2O3. The summed E-state index contributed by atoms with van der Waals surface area (Å²) >= 11 is 0. The molecule has 1 heterocycles. The highest BCUT2D eigenvalue weighted by atomic mass is 16.5. The van der Waals surface area contributed by atoms with Crippen LogP contribution >= 0.6 is 0 Å². The minimum absolute atomic E-state index is 0.661. The fourth-order valence-electron chi connectivity index (χ4n) is 1.59. The summed E-state index contributed by atoms with van der Waals surface area (Å²) in [6.07, 6.45) is -0.903. The first-order valence-corrected chi connectivity index (χ1v) is 4.67. The van der Waals surface area contributed by atoms with Crippen LogP contribution in [0.3, 0.4) is 0 Å². The Morgan fingerprint density at radius 3 is 2.60 bits per heavy atom. The Bertz CT molecular complexity index is 357. The molecule has 0 saturated heterocycles. The van der Waals surface area contributed by atoms with Crippen LogP contribution in [0, 0.1) is 6.92 Å². The van der Waals surface area contributed by atoms with Crippen LogP contribution in [0.2, 0.25) is 0 Å². The van der Waals surface area contributed by atoms with Crippen molar-refractivity contribution < 1.29 is 14.6 Å². The van der Waals surface area contributed by atoms with Gasteiger partial charge in [-0.3, -0.25) is 5.10 Å². The lowest BCUT2D eigenvalue weighted by Crippen LogP contribution is -2.41. The van der Waals surface area contributed by atoms with Crippen LogP contribution in [0.25, 0.3) is 0 Å². The molecule has 0 saturated carbocycles. The van der Waals surface area contributed by atoms with Gasteiger partial charge in [0.2, 0.25) is 0 Å². The predicted molar refractivity (Wildman–Crippen MR) is 54.8 cm³/mol. The number of rotatable bonds is 4. The zero-order valence-corrected chi connectivity index (χ0v) is 9.37. The van der Waals surface area contributed by atoms with E-state index in [9.17, 15) is 4.79 Å². The molecule has 1 unspecified atom stereocenters. The maximum absolute atomic E-state index is 11.0. The van der Waals surface area contributed by atoms with Gasteiger partial charge in [-0.1, -0.05) is 13.8 Å². The second-order valence-electron chi connectivity index (χ2n) is 4.11. The maximum atomic E-state index is 11.0. The molecule has 0 amide bonds. The quantitative estimate of drug-likeness (QED) is 0.783. The standard InChI is InChI=1S/C10H16N2O3/c1-6-5-7(12-11-6)10(2,3)8(15-4)9(13)14/h5,8H,1-4H3,(H,11,12)(H,13,14). The van der Waals surface area contributed by atoms with Crippen molar-refractivity contribution in [1.29, 1.82) is 0 Å². The smallest absolute Gasteiger partial charge is 0.333 e. The van der Waals surface area contributed by atoms with E-state index in [1.165, 1.54) is 7.11 Å². The lowest BCUT2D eigenvalue weighted by Gasteiger charge is -2.28. The van der Waals surface area contributed by atoms with Crippen LogP contribution in [0.1, 0.15) is 25.2 Å². The molecule has 0 fully saturated rings. The highest BCUT2D eigenvalue weighted by Crippen LogP contribution is 2.27. The van der Waals surface area contributed by atoms with Crippen molar-refractivity contribution in [2.75, 3.05) is 7.11 Å². The fourth-order valence-corrected chi connectivity index (χ4v) is 1.59. The summed E-state index contributed by atoms with van der Waals surface area (Å²) in [6, 6.07) is 1.83. The number of nitrogens with zero attached hydrogens (tertiary/aromatic N) is 1. The number of carboxylic acids is 1. The van der Waals surface area contributed by atoms with Crippen LogP contribution < -0.4 is 0 Å². The third kappa shape index (κ3) is 2.18. The first-order valence-electron chi connectivity index (χ1n) is 4.67. The first-order chi connectivity index (χ1) is 6.89. The van der Waals surface area contributed by atoms with Crippen molar-refractivity contribution in [1.82, 2.24) is 10.2 Å². The molecular weight excluding hydrogens is 196 g/mol. The van der Waals surface area contributed by atoms with Gasteiger partial charge in [-0.25, -0.2) is 4.79 Å². The molecule has 1 aromatic rings. The monoisotopic (exact) mass is 212 g/mol. The zero-order chi connectivity index (χ0) is 11.6. The number of H-pyrrole nitrogens is 1. The minimum Gasteiger partial charge on any atom is -0.479 e. The molecule has 0 aliphatic rings. The summed E-state index contributed by atoms with van der Waals surface area (Å²) < 4.78 is 4.99. The van der Waals surface area contributed by atoms with Gasteiger partial charge in [-0.15, -0.1) is 0 Å². The van der Waals surface area contributed by atoms with E-state index in [-0.39, 0.29) is 0 Å². The van der Waals surface area contributed by atoms with Gasteiger partial charge >= 0.3 is 5.97 Å². The van der Waals surface area contributed by atoms with E-state index in [4.69, 9.17) is 9.84 Å².